The number of hydrogen-bond donors (Lipinski definition) is 2. The highest BCUT2D eigenvalue weighted by atomic mass is 16.5. The van der Waals surface area contributed by atoms with Crippen LogP contribution in [0.25, 0.3) is 11.1 Å². The molecule has 3 aromatic carbocycles. The van der Waals surface area contributed by atoms with E-state index in [-0.39, 0.29) is 32.0 Å². The molecule has 7 nitrogen and oxygen atoms in total. The van der Waals surface area contributed by atoms with Crippen molar-refractivity contribution >= 4 is 23.7 Å². The first-order valence-corrected chi connectivity index (χ1v) is 11.1. The number of rotatable bonds is 8. The summed E-state index contributed by atoms with van der Waals surface area (Å²) in [6.07, 6.45) is -0.899. The highest BCUT2D eigenvalue weighted by Gasteiger charge is 2.29. The van der Waals surface area contributed by atoms with Crippen LogP contribution in [0, 0.1) is 6.92 Å². The summed E-state index contributed by atoms with van der Waals surface area (Å²) in [5.74, 6) is -1.49. The van der Waals surface area contributed by atoms with Crippen molar-refractivity contribution in [2.75, 3.05) is 24.6 Å². The summed E-state index contributed by atoms with van der Waals surface area (Å²) in [5.41, 5.74) is 5.92. The van der Waals surface area contributed by atoms with Gasteiger partial charge in [-0.3, -0.25) is 9.59 Å². The van der Waals surface area contributed by atoms with E-state index in [1.807, 2.05) is 55.5 Å². The summed E-state index contributed by atoms with van der Waals surface area (Å²) in [6, 6.07) is 23.3. The number of aryl methyl sites for hydroxylation is 1. The maximum Gasteiger partial charge on any atom is 0.407 e. The van der Waals surface area contributed by atoms with Gasteiger partial charge in [0.05, 0.1) is 6.42 Å². The van der Waals surface area contributed by atoms with E-state index in [0.29, 0.717) is 5.69 Å². The third kappa shape index (κ3) is 4.93. The molecule has 3 aromatic rings. The number of nitrogens with zero attached hydrogens (tertiary/aromatic N) is 1. The van der Waals surface area contributed by atoms with Crippen LogP contribution in [-0.4, -0.2) is 42.8 Å². The van der Waals surface area contributed by atoms with Crippen molar-refractivity contribution in [2.45, 2.75) is 19.3 Å². The van der Waals surface area contributed by atoms with Gasteiger partial charge in [0.2, 0.25) is 5.91 Å². The Labute approximate surface area is 198 Å². The third-order valence-corrected chi connectivity index (χ3v) is 5.98. The van der Waals surface area contributed by atoms with Crippen LogP contribution >= 0.6 is 0 Å². The number of alkyl carbamates (subject to hydrolysis) is 1. The van der Waals surface area contributed by atoms with Gasteiger partial charge in [-0.25, -0.2) is 4.79 Å². The molecule has 0 aromatic heterocycles. The number of amides is 2. The second-order valence-corrected chi connectivity index (χ2v) is 8.15. The zero-order valence-electron chi connectivity index (χ0n) is 18.9. The van der Waals surface area contributed by atoms with Gasteiger partial charge in [0.25, 0.3) is 0 Å². The van der Waals surface area contributed by atoms with Gasteiger partial charge in [0.1, 0.15) is 13.2 Å². The van der Waals surface area contributed by atoms with Gasteiger partial charge in [0.15, 0.2) is 0 Å². The number of ether oxygens (including phenoxy) is 1. The molecule has 0 aliphatic heterocycles. The molecule has 2 N–H and O–H groups in total. The lowest BCUT2D eigenvalue weighted by Crippen LogP contribution is -2.42. The molecule has 0 saturated carbocycles. The number of carbonyl (C=O) groups excluding carboxylic acids is 2. The van der Waals surface area contributed by atoms with Gasteiger partial charge < -0.3 is 20.1 Å². The summed E-state index contributed by atoms with van der Waals surface area (Å²) in [6.45, 7) is 1.69. The normalized spacial score (nSPS) is 11.9. The smallest absolute Gasteiger partial charge is 0.407 e. The lowest BCUT2D eigenvalue weighted by molar-refractivity contribution is -0.136. The lowest BCUT2D eigenvalue weighted by Gasteiger charge is -2.24. The van der Waals surface area contributed by atoms with Crippen molar-refractivity contribution < 1.29 is 24.2 Å². The molecule has 0 radical (unpaired) electrons. The van der Waals surface area contributed by atoms with Crippen LogP contribution in [0.4, 0.5) is 10.5 Å². The van der Waals surface area contributed by atoms with Crippen molar-refractivity contribution in [3.05, 3.63) is 89.5 Å². The SMILES string of the molecule is Cc1ccccc1N(CCC(=O)O)C(=O)CNC(=O)OCC1c2ccccc2-c2ccccc21. The van der Waals surface area contributed by atoms with Crippen LogP contribution in [0.1, 0.15) is 29.0 Å². The first-order chi connectivity index (χ1) is 16.5. The van der Waals surface area contributed by atoms with E-state index in [0.717, 1.165) is 27.8 Å². The summed E-state index contributed by atoms with van der Waals surface area (Å²) in [7, 11) is 0. The van der Waals surface area contributed by atoms with Crippen molar-refractivity contribution in [1.29, 1.82) is 0 Å². The number of carboxylic acids is 1. The molecule has 2 amide bonds. The monoisotopic (exact) mass is 458 g/mol. The van der Waals surface area contributed by atoms with Gasteiger partial charge >= 0.3 is 12.1 Å². The van der Waals surface area contributed by atoms with E-state index < -0.39 is 18.0 Å². The topological polar surface area (TPSA) is 95.9 Å². The number of anilines is 1. The van der Waals surface area contributed by atoms with Crippen molar-refractivity contribution in [1.82, 2.24) is 5.32 Å². The Morgan fingerprint density at radius 3 is 2.12 bits per heavy atom. The predicted octanol–water partition coefficient (Wildman–Crippen LogP) is 4.34. The van der Waals surface area contributed by atoms with Crippen LogP contribution in [0.5, 0.6) is 0 Å². The van der Waals surface area contributed by atoms with Crippen molar-refractivity contribution in [3.63, 3.8) is 0 Å². The number of carbonyl (C=O) groups is 3. The Morgan fingerprint density at radius 1 is 0.912 bits per heavy atom. The Balaban J connectivity index is 1.38. The van der Waals surface area contributed by atoms with E-state index in [2.05, 4.69) is 17.4 Å². The first-order valence-electron chi connectivity index (χ1n) is 11.1. The second kappa shape index (κ2) is 10.2. The van der Waals surface area contributed by atoms with E-state index in [1.54, 1.807) is 12.1 Å². The van der Waals surface area contributed by atoms with E-state index >= 15 is 0 Å². The number of carboxylic acid groups (broad SMARTS) is 1. The minimum atomic E-state index is -1.00. The standard InChI is InChI=1S/C27H26N2O5/c1-18-8-2-7-13-24(18)29(15-14-26(31)32)25(30)16-28-27(33)34-17-23-21-11-5-3-9-19(21)20-10-4-6-12-22(20)23/h2-13,23H,14-17H2,1H3,(H,28,33)(H,31,32). The molecule has 0 fully saturated rings. The van der Waals surface area contributed by atoms with E-state index in [1.165, 1.54) is 4.90 Å². The molecule has 0 heterocycles. The predicted molar refractivity (Wildman–Crippen MR) is 129 cm³/mol. The summed E-state index contributed by atoms with van der Waals surface area (Å²) in [5, 5.41) is 11.6. The zero-order chi connectivity index (χ0) is 24.1. The largest absolute Gasteiger partial charge is 0.481 e. The number of fused-ring (bicyclic) bond motifs is 3. The number of para-hydroxylation sites is 1. The fourth-order valence-electron chi connectivity index (χ4n) is 4.35. The fourth-order valence-corrected chi connectivity index (χ4v) is 4.35. The average Bonchev–Trinajstić information content (AvgIpc) is 3.16. The molecule has 0 saturated heterocycles. The fraction of sp³-hybridized carbons (Fsp3) is 0.222. The molecule has 1 aliphatic carbocycles. The van der Waals surface area contributed by atoms with Crippen molar-refractivity contribution in [3.8, 4) is 11.1 Å². The maximum absolute atomic E-state index is 12.9. The molecule has 0 spiro atoms. The van der Waals surface area contributed by atoms with Crippen LogP contribution in [0.3, 0.4) is 0 Å². The van der Waals surface area contributed by atoms with Crippen LogP contribution < -0.4 is 10.2 Å². The number of aliphatic carboxylic acids is 1. The molecule has 4 rings (SSSR count). The summed E-state index contributed by atoms with van der Waals surface area (Å²) >= 11 is 0. The van der Waals surface area contributed by atoms with E-state index in [4.69, 9.17) is 9.84 Å². The first kappa shape index (κ1) is 23.0. The minimum Gasteiger partial charge on any atom is -0.481 e. The molecule has 34 heavy (non-hydrogen) atoms. The molecule has 0 unspecified atom stereocenters. The number of hydrogen-bond acceptors (Lipinski definition) is 4. The molecular formula is C27H26N2O5. The summed E-state index contributed by atoms with van der Waals surface area (Å²) < 4.78 is 5.48. The highest BCUT2D eigenvalue weighted by Crippen LogP contribution is 2.44. The number of nitrogens with one attached hydrogen (secondary N) is 1. The summed E-state index contributed by atoms with van der Waals surface area (Å²) in [4.78, 5) is 37.7. The quantitative estimate of drug-likeness (QED) is 0.524. The third-order valence-electron chi connectivity index (χ3n) is 5.98. The van der Waals surface area contributed by atoms with Gasteiger partial charge in [-0.1, -0.05) is 66.7 Å². The number of benzene rings is 3. The molecule has 174 valence electrons. The van der Waals surface area contributed by atoms with Crippen molar-refractivity contribution in [2.24, 2.45) is 0 Å². The second-order valence-electron chi connectivity index (χ2n) is 8.15. The van der Waals surface area contributed by atoms with Gasteiger partial charge in [-0.2, -0.15) is 0 Å². The highest BCUT2D eigenvalue weighted by molar-refractivity contribution is 5.97. The van der Waals surface area contributed by atoms with Crippen LogP contribution in [0.2, 0.25) is 0 Å². The van der Waals surface area contributed by atoms with Gasteiger partial charge in [-0.15, -0.1) is 0 Å². The molecule has 1 aliphatic rings. The Hall–Kier alpha value is -4.13. The molecular weight excluding hydrogens is 432 g/mol. The van der Waals surface area contributed by atoms with Gasteiger partial charge in [-0.05, 0) is 40.8 Å². The Morgan fingerprint density at radius 2 is 1.50 bits per heavy atom. The maximum atomic E-state index is 12.9. The Kier molecular flexibility index (Phi) is 6.92. The average molecular weight is 459 g/mol. The molecule has 0 bridgehead atoms. The minimum absolute atomic E-state index is 0.00535. The molecule has 0 atom stereocenters. The lowest BCUT2D eigenvalue weighted by atomic mass is 9.98. The molecule has 7 heteroatoms. The zero-order valence-corrected chi connectivity index (χ0v) is 18.9. The van der Waals surface area contributed by atoms with Gasteiger partial charge in [0, 0.05) is 18.2 Å². The van der Waals surface area contributed by atoms with Crippen LogP contribution in [0.15, 0.2) is 72.8 Å². The van der Waals surface area contributed by atoms with Crippen LogP contribution in [-0.2, 0) is 14.3 Å². The Bertz CT molecular complexity index is 1180. The van der Waals surface area contributed by atoms with E-state index in [9.17, 15) is 14.4 Å².